The molecule has 3 unspecified atom stereocenters. The van der Waals surface area contributed by atoms with Crippen LogP contribution in [0.15, 0.2) is 16.7 Å². The number of nitrogens with one attached hydrogen (secondary N) is 1. The molecular formula is C17H25NO2. The summed E-state index contributed by atoms with van der Waals surface area (Å²) in [6.07, 6.45) is 11.2. The van der Waals surface area contributed by atoms with Crippen molar-refractivity contribution >= 4 is 0 Å². The van der Waals surface area contributed by atoms with E-state index in [0.29, 0.717) is 23.6 Å². The summed E-state index contributed by atoms with van der Waals surface area (Å²) in [5.41, 5.74) is 1.86. The molecule has 1 heterocycles. The Morgan fingerprint density at radius 1 is 1.40 bits per heavy atom. The van der Waals surface area contributed by atoms with Gasteiger partial charge < -0.3 is 14.5 Å². The second-order valence-corrected chi connectivity index (χ2v) is 6.73. The molecule has 1 spiro atoms. The standard InChI is InChI=1S/C17H25NO2/c1-2-19-16-11-15(17(16)8-4-9-17)18-13-5-3-6-14-12(13)7-10-20-14/h7,10,13,15-16,18H,2-6,8-9,11H2,1H3. The normalized spacial score (nSPS) is 34.4. The second-order valence-electron chi connectivity index (χ2n) is 6.73. The van der Waals surface area contributed by atoms with Gasteiger partial charge in [0, 0.05) is 36.1 Å². The van der Waals surface area contributed by atoms with E-state index < -0.39 is 0 Å². The quantitative estimate of drug-likeness (QED) is 0.911. The summed E-state index contributed by atoms with van der Waals surface area (Å²) in [6.45, 7) is 2.97. The fourth-order valence-electron chi connectivity index (χ4n) is 4.57. The predicted molar refractivity (Wildman–Crippen MR) is 77.6 cm³/mol. The lowest BCUT2D eigenvalue weighted by Gasteiger charge is -2.62. The van der Waals surface area contributed by atoms with E-state index in [1.807, 2.05) is 6.26 Å². The van der Waals surface area contributed by atoms with E-state index in [2.05, 4.69) is 18.3 Å². The molecule has 1 aromatic heterocycles. The van der Waals surface area contributed by atoms with Gasteiger partial charge in [0.25, 0.3) is 0 Å². The van der Waals surface area contributed by atoms with Gasteiger partial charge in [-0.3, -0.25) is 0 Å². The average molecular weight is 275 g/mol. The summed E-state index contributed by atoms with van der Waals surface area (Å²) < 4.78 is 11.6. The van der Waals surface area contributed by atoms with Crippen LogP contribution in [0.2, 0.25) is 0 Å². The Morgan fingerprint density at radius 3 is 3.05 bits per heavy atom. The Bertz CT molecular complexity index is 477. The van der Waals surface area contributed by atoms with Crippen LogP contribution in [-0.4, -0.2) is 18.8 Å². The fourth-order valence-corrected chi connectivity index (χ4v) is 4.57. The summed E-state index contributed by atoms with van der Waals surface area (Å²) in [6, 6.07) is 3.32. The third kappa shape index (κ3) is 1.79. The molecule has 0 aliphatic heterocycles. The zero-order valence-corrected chi connectivity index (χ0v) is 12.4. The Labute approximate surface area is 121 Å². The summed E-state index contributed by atoms with van der Waals surface area (Å²) >= 11 is 0. The highest BCUT2D eigenvalue weighted by Gasteiger charge is 2.59. The topological polar surface area (TPSA) is 34.4 Å². The Morgan fingerprint density at radius 2 is 2.30 bits per heavy atom. The molecule has 0 saturated heterocycles. The van der Waals surface area contributed by atoms with Crippen molar-refractivity contribution < 1.29 is 9.15 Å². The molecule has 2 fully saturated rings. The number of fused-ring (bicyclic) bond motifs is 1. The molecule has 3 aliphatic rings. The van der Waals surface area contributed by atoms with Gasteiger partial charge in [-0.1, -0.05) is 6.42 Å². The maximum atomic E-state index is 5.95. The van der Waals surface area contributed by atoms with Crippen molar-refractivity contribution in [3.63, 3.8) is 0 Å². The molecule has 0 radical (unpaired) electrons. The molecule has 3 heteroatoms. The van der Waals surface area contributed by atoms with E-state index >= 15 is 0 Å². The van der Waals surface area contributed by atoms with E-state index in [-0.39, 0.29) is 0 Å². The predicted octanol–water partition coefficient (Wildman–Crippen LogP) is 3.59. The van der Waals surface area contributed by atoms with Crippen molar-refractivity contribution in [1.29, 1.82) is 0 Å². The van der Waals surface area contributed by atoms with E-state index in [0.717, 1.165) is 13.0 Å². The summed E-state index contributed by atoms with van der Waals surface area (Å²) in [7, 11) is 0. The smallest absolute Gasteiger partial charge is 0.108 e. The van der Waals surface area contributed by atoms with Crippen molar-refractivity contribution in [3.8, 4) is 0 Å². The van der Waals surface area contributed by atoms with E-state index in [1.165, 1.54) is 49.8 Å². The highest BCUT2D eigenvalue weighted by molar-refractivity contribution is 5.25. The van der Waals surface area contributed by atoms with Crippen LogP contribution in [0.25, 0.3) is 0 Å². The number of ether oxygens (including phenoxy) is 1. The van der Waals surface area contributed by atoms with E-state index in [4.69, 9.17) is 9.15 Å². The highest BCUT2D eigenvalue weighted by atomic mass is 16.5. The molecule has 4 rings (SSSR count). The molecule has 3 nitrogen and oxygen atoms in total. The maximum Gasteiger partial charge on any atom is 0.108 e. The molecule has 0 bridgehead atoms. The van der Waals surface area contributed by atoms with Crippen LogP contribution in [-0.2, 0) is 11.2 Å². The van der Waals surface area contributed by atoms with Gasteiger partial charge in [0.1, 0.15) is 5.76 Å². The van der Waals surface area contributed by atoms with Crippen LogP contribution in [0.5, 0.6) is 0 Å². The van der Waals surface area contributed by atoms with Crippen molar-refractivity contribution in [2.24, 2.45) is 5.41 Å². The van der Waals surface area contributed by atoms with E-state index in [1.54, 1.807) is 0 Å². The number of rotatable bonds is 4. The van der Waals surface area contributed by atoms with Crippen LogP contribution in [0, 0.1) is 5.41 Å². The summed E-state index contributed by atoms with van der Waals surface area (Å²) in [5.74, 6) is 1.21. The van der Waals surface area contributed by atoms with Gasteiger partial charge in [-0.25, -0.2) is 0 Å². The van der Waals surface area contributed by atoms with Gasteiger partial charge in [0.2, 0.25) is 0 Å². The van der Waals surface area contributed by atoms with Crippen molar-refractivity contribution in [1.82, 2.24) is 5.32 Å². The average Bonchev–Trinajstić information content (AvgIpc) is 2.84. The molecule has 1 aromatic rings. The van der Waals surface area contributed by atoms with Crippen LogP contribution in [0.1, 0.15) is 62.8 Å². The lowest BCUT2D eigenvalue weighted by Crippen LogP contribution is -2.67. The molecular weight excluding hydrogens is 250 g/mol. The summed E-state index contributed by atoms with van der Waals surface area (Å²) in [5, 5.41) is 3.94. The zero-order valence-electron chi connectivity index (χ0n) is 12.4. The molecule has 1 N–H and O–H groups in total. The number of hydrogen-bond acceptors (Lipinski definition) is 3. The Hall–Kier alpha value is -0.800. The Kier molecular flexibility index (Phi) is 3.15. The van der Waals surface area contributed by atoms with Crippen LogP contribution < -0.4 is 5.32 Å². The monoisotopic (exact) mass is 275 g/mol. The SMILES string of the molecule is CCOC1CC(NC2CCCc3occc32)C12CCC2. The minimum atomic E-state index is 0.456. The number of hydrogen-bond donors (Lipinski definition) is 1. The molecule has 3 atom stereocenters. The largest absolute Gasteiger partial charge is 0.469 e. The number of aryl methyl sites for hydroxylation is 1. The first-order valence-electron chi connectivity index (χ1n) is 8.27. The third-order valence-corrected chi connectivity index (χ3v) is 5.89. The minimum Gasteiger partial charge on any atom is -0.469 e. The molecule has 20 heavy (non-hydrogen) atoms. The van der Waals surface area contributed by atoms with Gasteiger partial charge in [-0.2, -0.15) is 0 Å². The first-order chi connectivity index (χ1) is 9.83. The van der Waals surface area contributed by atoms with Crippen LogP contribution >= 0.6 is 0 Å². The minimum absolute atomic E-state index is 0.456. The lowest BCUT2D eigenvalue weighted by molar-refractivity contribution is -0.175. The van der Waals surface area contributed by atoms with Crippen LogP contribution in [0.3, 0.4) is 0 Å². The first-order valence-corrected chi connectivity index (χ1v) is 8.27. The van der Waals surface area contributed by atoms with E-state index in [9.17, 15) is 0 Å². The molecule has 110 valence electrons. The number of furan rings is 1. The third-order valence-electron chi connectivity index (χ3n) is 5.89. The maximum absolute atomic E-state index is 5.95. The second kappa shape index (κ2) is 4.88. The van der Waals surface area contributed by atoms with Crippen molar-refractivity contribution in [2.45, 2.75) is 70.1 Å². The fraction of sp³-hybridized carbons (Fsp3) is 0.765. The van der Waals surface area contributed by atoms with Crippen LogP contribution in [0.4, 0.5) is 0 Å². The molecule has 0 aromatic carbocycles. The van der Waals surface area contributed by atoms with Gasteiger partial charge in [-0.15, -0.1) is 0 Å². The summed E-state index contributed by atoms with van der Waals surface area (Å²) in [4.78, 5) is 0. The van der Waals surface area contributed by atoms with Gasteiger partial charge in [0.05, 0.1) is 12.4 Å². The molecule has 2 saturated carbocycles. The zero-order chi connectivity index (χ0) is 13.6. The molecule has 3 aliphatic carbocycles. The van der Waals surface area contributed by atoms with Gasteiger partial charge >= 0.3 is 0 Å². The van der Waals surface area contributed by atoms with Crippen molar-refractivity contribution in [3.05, 3.63) is 23.7 Å². The highest BCUT2D eigenvalue weighted by Crippen LogP contribution is 2.58. The van der Waals surface area contributed by atoms with Gasteiger partial charge in [-0.05, 0) is 45.1 Å². The van der Waals surface area contributed by atoms with Gasteiger partial charge in [0.15, 0.2) is 0 Å². The van der Waals surface area contributed by atoms with Crippen molar-refractivity contribution in [2.75, 3.05) is 6.61 Å². The first kappa shape index (κ1) is 12.9. The molecule has 0 amide bonds. The lowest BCUT2D eigenvalue weighted by atomic mass is 9.50. The Balaban J connectivity index is 1.46.